The maximum absolute atomic E-state index is 14.3. The molecule has 1 aliphatic rings. The first-order valence-corrected chi connectivity index (χ1v) is 8.13. The van der Waals surface area contributed by atoms with Crippen molar-refractivity contribution in [3.8, 4) is 0 Å². The number of fused-ring (bicyclic) bond motifs is 1. The highest BCUT2D eigenvalue weighted by molar-refractivity contribution is 6.20. The van der Waals surface area contributed by atoms with Gasteiger partial charge in [0.15, 0.2) is 23.3 Å². The molecular formula is C19H14F5NO3. The summed E-state index contributed by atoms with van der Waals surface area (Å²) in [6.07, 6.45) is -1.13. The Morgan fingerprint density at radius 2 is 1.43 bits per heavy atom. The number of carbonyl (C=O) groups is 2. The van der Waals surface area contributed by atoms with Crippen molar-refractivity contribution in [1.29, 1.82) is 0 Å². The van der Waals surface area contributed by atoms with Gasteiger partial charge in [-0.1, -0.05) is 18.2 Å². The summed E-state index contributed by atoms with van der Waals surface area (Å²) in [5, 5.41) is 0. The Balaban J connectivity index is 2.21. The predicted octanol–water partition coefficient (Wildman–Crippen LogP) is 4.80. The normalized spacial score (nSPS) is 16.4. The second kappa shape index (κ2) is 6.57. The van der Waals surface area contributed by atoms with Gasteiger partial charge >= 0.3 is 6.09 Å². The first-order chi connectivity index (χ1) is 13.0. The lowest BCUT2D eigenvalue weighted by Gasteiger charge is -2.24. The van der Waals surface area contributed by atoms with E-state index in [1.165, 1.54) is 24.3 Å². The summed E-state index contributed by atoms with van der Waals surface area (Å²) in [6.45, 7) is 4.62. The van der Waals surface area contributed by atoms with Crippen molar-refractivity contribution in [2.24, 2.45) is 0 Å². The Morgan fingerprint density at radius 3 is 1.96 bits per heavy atom. The molecule has 0 aromatic heterocycles. The number of para-hydroxylation sites is 1. The molecule has 0 saturated heterocycles. The lowest BCUT2D eigenvalue weighted by Crippen LogP contribution is -2.40. The van der Waals surface area contributed by atoms with Crippen molar-refractivity contribution < 1.29 is 36.3 Å². The molecular weight excluding hydrogens is 385 g/mol. The molecule has 0 bridgehead atoms. The standard InChI is InChI=1S/C19H14F5NO3/c1-19(2,3)28-18(27)25-9-7-5-4-6-8(9)10(17(25)26)11-12(20)14(22)16(24)15(23)13(11)21/h4-7,10H,1-3H3. The second-order valence-electron chi connectivity index (χ2n) is 7.13. The summed E-state index contributed by atoms with van der Waals surface area (Å²) < 4.78 is 74.4. The first kappa shape index (κ1) is 19.8. The Labute approximate surface area is 156 Å². The van der Waals surface area contributed by atoms with Gasteiger partial charge in [0.25, 0.3) is 0 Å². The minimum atomic E-state index is -2.33. The number of nitrogens with zero attached hydrogens (tertiary/aromatic N) is 1. The van der Waals surface area contributed by atoms with Gasteiger partial charge in [0.2, 0.25) is 11.7 Å². The lowest BCUT2D eigenvalue weighted by atomic mass is 9.91. The van der Waals surface area contributed by atoms with Gasteiger partial charge in [-0.3, -0.25) is 4.79 Å². The number of benzene rings is 2. The van der Waals surface area contributed by atoms with Gasteiger partial charge in [-0.15, -0.1) is 0 Å². The maximum atomic E-state index is 14.3. The number of carbonyl (C=O) groups excluding carboxylic acids is 2. The summed E-state index contributed by atoms with van der Waals surface area (Å²) in [4.78, 5) is 25.8. The van der Waals surface area contributed by atoms with Crippen molar-refractivity contribution in [3.05, 3.63) is 64.5 Å². The van der Waals surface area contributed by atoms with Gasteiger partial charge in [-0.2, -0.15) is 0 Å². The Bertz CT molecular complexity index is 971. The van der Waals surface area contributed by atoms with Crippen LogP contribution in [0.3, 0.4) is 0 Å². The third kappa shape index (κ3) is 3.00. The number of imide groups is 1. The highest BCUT2D eigenvalue weighted by Gasteiger charge is 2.46. The Hall–Kier alpha value is -2.97. The third-order valence-electron chi connectivity index (χ3n) is 4.06. The molecule has 2 aromatic rings. The summed E-state index contributed by atoms with van der Waals surface area (Å²) in [5.74, 6) is -14.0. The number of ether oxygens (including phenoxy) is 1. The molecule has 2 amide bonds. The summed E-state index contributed by atoms with van der Waals surface area (Å²) in [5.41, 5.74) is -2.45. The SMILES string of the molecule is CC(C)(C)OC(=O)N1C(=O)C(c2c(F)c(F)c(F)c(F)c2F)c2ccccc21. The van der Waals surface area contributed by atoms with Crippen LogP contribution in [0.25, 0.3) is 0 Å². The van der Waals surface area contributed by atoms with E-state index in [9.17, 15) is 31.5 Å². The van der Waals surface area contributed by atoms with Gasteiger partial charge < -0.3 is 4.74 Å². The molecule has 1 atom stereocenters. The molecule has 0 fully saturated rings. The molecule has 148 valence electrons. The van der Waals surface area contributed by atoms with E-state index in [4.69, 9.17) is 4.74 Å². The number of rotatable bonds is 1. The quantitative estimate of drug-likeness (QED) is 0.393. The smallest absolute Gasteiger partial charge is 0.421 e. The van der Waals surface area contributed by atoms with Crippen LogP contribution in [0.2, 0.25) is 0 Å². The molecule has 0 saturated carbocycles. The fourth-order valence-electron chi connectivity index (χ4n) is 2.97. The topological polar surface area (TPSA) is 46.6 Å². The van der Waals surface area contributed by atoms with Crippen molar-refractivity contribution in [2.75, 3.05) is 4.90 Å². The van der Waals surface area contributed by atoms with Crippen LogP contribution < -0.4 is 4.90 Å². The molecule has 0 radical (unpaired) electrons. The fourth-order valence-corrected chi connectivity index (χ4v) is 2.97. The number of hydrogen-bond acceptors (Lipinski definition) is 3. The molecule has 0 N–H and O–H groups in total. The van der Waals surface area contributed by atoms with Crippen LogP contribution in [-0.4, -0.2) is 17.6 Å². The molecule has 4 nitrogen and oxygen atoms in total. The first-order valence-electron chi connectivity index (χ1n) is 8.13. The molecule has 9 heteroatoms. The van der Waals surface area contributed by atoms with Gasteiger partial charge in [0, 0.05) is 5.56 Å². The predicted molar refractivity (Wildman–Crippen MR) is 88.2 cm³/mol. The number of anilines is 1. The molecule has 1 aliphatic heterocycles. The van der Waals surface area contributed by atoms with E-state index in [1.807, 2.05) is 0 Å². The third-order valence-corrected chi connectivity index (χ3v) is 4.06. The van der Waals surface area contributed by atoms with Crippen molar-refractivity contribution in [2.45, 2.75) is 32.3 Å². The molecule has 1 unspecified atom stereocenters. The molecule has 3 rings (SSSR count). The van der Waals surface area contributed by atoms with Crippen molar-refractivity contribution in [1.82, 2.24) is 0 Å². The molecule has 0 aliphatic carbocycles. The van der Waals surface area contributed by atoms with Crippen LogP contribution in [0.4, 0.5) is 32.4 Å². The molecule has 0 spiro atoms. The average Bonchev–Trinajstić information content (AvgIpc) is 2.89. The number of amides is 2. The van der Waals surface area contributed by atoms with Crippen LogP contribution in [-0.2, 0) is 9.53 Å². The van der Waals surface area contributed by atoms with Crippen LogP contribution in [0.1, 0.15) is 37.8 Å². The Kier molecular flexibility index (Phi) is 4.64. The average molecular weight is 399 g/mol. The van der Waals surface area contributed by atoms with E-state index in [0.717, 1.165) is 0 Å². The van der Waals surface area contributed by atoms with Crippen LogP contribution in [0, 0.1) is 29.1 Å². The van der Waals surface area contributed by atoms with E-state index in [0.29, 0.717) is 4.90 Å². The minimum Gasteiger partial charge on any atom is -0.443 e. The highest BCUT2D eigenvalue weighted by Crippen LogP contribution is 2.44. The van der Waals surface area contributed by atoms with Gasteiger partial charge in [0.1, 0.15) is 5.60 Å². The Morgan fingerprint density at radius 1 is 0.929 bits per heavy atom. The van der Waals surface area contributed by atoms with E-state index >= 15 is 0 Å². The van der Waals surface area contributed by atoms with Crippen LogP contribution in [0.5, 0.6) is 0 Å². The summed E-state index contributed by atoms with van der Waals surface area (Å²) in [6, 6.07) is 5.43. The van der Waals surface area contributed by atoms with Gasteiger partial charge in [0.05, 0.1) is 11.6 Å². The van der Waals surface area contributed by atoms with Gasteiger partial charge in [-0.25, -0.2) is 31.6 Å². The van der Waals surface area contributed by atoms with Crippen LogP contribution >= 0.6 is 0 Å². The zero-order chi connectivity index (χ0) is 21.0. The minimum absolute atomic E-state index is 0.0595. The molecule has 28 heavy (non-hydrogen) atoms. The second-order valence-corrected chi connectivity index (χ2v) is 7.13. The maximum Gasteiger partial charge on any atom is 0.421 e. The lowest BCUT2D eigenvalue weighted by molar-refractivity contribution is -0.118. The fraction of sp³-hybridized carbons (Fsp3) is 0.263. The van der Waals surface area contributed by atoms with E-state index in [1.54, 1.807) is 20.8 Å². The number of halogens is 5. The van der Waals surface area contributed by atoms with E-state index in [-0.39, 0.29) is 11.3 Å². The monoisotopic (exact) mass is 399 g/mol. The van der Waals surface area contributed by atoms with Crippen molar-refractivity contribution >= 4 is 17.7 Å². The van der Waals surface area contributed by atoms with E-state index in [2.05, 4.69) is 0 Å². The van der Waals surface area contributed by atoms with E-state index < -0.39 is 58.2 Å². The molecule has 1 heterocycles. The molecule has 2 aromatic carbocycles. The highest BCUT2D eigenvalue weighted by atomic mass is 19.2. The van der Waals surface area contributed by atoms with Crippen molar-refractivity contribution in [3.63, 3.8) is 0 Å². The summed E-state index contributed by atoms with van der Waals surface area (Å²) >= 11 is 0. The van der Waals surface area contributed by atoms with Gasteiger partial charge in [-0.05, 0) is 32.4 Å². The zero-order valence-corrected chi connectivity index (χ0v) is 14.9. The summed E-state index contributed by atoms with van der Waals surface area (Å²) in [7, 11) is 0. The van der Waals surface area contributed by atoms with Crippen LogP contribution in [0.15, 0.2) is 24.3 Å². The largest absolute Gasteiger partial charge is 0.443 e. The zero-order valence-electron chi connectivity index (χ0n) is 14.9. The number of hydrogen-bond donors (Lipinski definition) is 0.